The van der Waals surface area contributed by atoms with Crippen LogP contribution in [0.5, 0.6) is 0 Å². The molecule has 158 valence electrons. The summed E-state index contributed by atoms with van der Waals surface area (Å²) in [5.41, 5.74) is 3.57. The first-order chi connectivity index (χ1) is 15.2. The molecule has 0 spiro atoms. The van der Waals surface area contributed by atoms with Crippen molar-refractivity contribution in [3.63, 3.8) is 0 Å². The number of aromatic nitrogens is 3. The molecule has 0 radical (unpaired) electrons. The zero-order chi connectivity index (χ0) is 21.6. The molecular formula is C24H27N7. The molecule has 7 nitrogen and oxygen atoms in total. The van der Waals surface area contributed by atoms with Crippen molar-refractivity contribution in [1.82, 2.24) is 15.0 Å². The van der Waals surface area contributed by atoms with Crippen LogP contribution in [0.3, 0.4) is 0 Å². The molecular weight excluding hydrogens is 386 g/mol. The summed E-state index contributed by atoms with van der Waals surface area (Å²) in [5, 5.41) is 12.4. The maximum atomic E-state index is 9.16. The molecule has 7 heteroatoms. The fourth-order valence-electron chi connectivity index (χ4n) is 3.92. The number of hydrogen-bond donors (Lipinski definition) is 1. The van der Waals surface area contributed by atoms with Crippen LogP contribution in [0.1, 0.15) is 31.0 Å². The Morgan fingerprint density at radius 1 is 1.23 bits per heavy atom. The first-order valence-corrected chi connectivity index (χ1v) is 10.7. The zero-order valence-corrected chi connectivity index (χ0v) is 18.0. The number of pyridine rings is 1. The van der Waals surface area contributed by atoms with Crippen LogP contribution < -0.4 is 15.1 Å². The van der Waals surface area contributed by atoms with Crippen LogP contribution in [0.15, 0.2) is 54.9 Å². The Kier molecular flexibility index (Phi) is 6.27. The highest BCUT2D eigenvalue weighted by molar-refractivity contribution is 5.58. The summed E-state index contributed by atoms with van der Waals surface area (Å²) >= 11 is 0. The van der Waals surface area contributed by atoms with Crippen molar-refractivity contribution in [2.75, 3.05) is 35.3 Å². The third-order valence-corrected chi connectivity index (χ3v) is 5.61. The van der Waals surface area contributed by atoms with Crippen LogP contribution in [0.2, 0.25) is 0 Å². The third-order valence-electron chi connectivity index (χ3n) is 5.61. The Bertz CT molecular complexity index is 1060. The number of hydrogen-bond acceptors (Lipinski definition) is 7. The summed E-state index contributed by atoms with van der Waals surface area (Å²) in [7, 11) is 2.13. The van der Waals surface area contributed by atoms with E-state index >= 15 is 0 Å². The molecule has 1 atom stereocenters. The number of likely N-dealkylation sites (N-methyl/N-ethyl adjacent to an activating group) is 1. The Morgan fingerprint density at radius 2 is 2.13 bits per heavy atom. The van der Waals surface area contributed by atoms with Gasteiger partial charge in [-0.05, 0) is 43.2 Å². The van der Waals surface area contributed by atoms with E-state index in [1.165, 1.54) is 0 Å². The van der Waals surface area contributed by atoms with Crippen molar-refractivity contribution < 1.29 is 0 Å². The van der Waals surface area contributed by atoms with E-state index in [1.54, 1.807) is 12.3 Å². The number of benzene rings is 1. The van der Waals surface area contributed by atoms with Gasteiger partial charge in [-0.3, -0.25) is 4.98 Å². The molecule has 0 unspecified atom stereocenters. The summed E-state index contributed by atoms with van der Waals surface area (Å²) in [4.78, 5) is 18.4. The Balaban J connectivity index is 1.54. The minimum atomic E-state index is 0.400. The molecule has 0 aliphatic carbocycles. The van der Waals surface area contributed by atoms with Crippen LogP contribution in [-0.4, -0.2) is 41.1 Å². The first kappa shape index (κ1) is 20.6. The lowest BCUT2D eigenvalue weighted by molar-refractivity contribution is 0.691. The molecule has 1 aliphatic rings. The van der Waals surface area contributed by atoms with E-state index in [0.717, 1.165) is 55.2 Å². The van der Waals surface area contributed by atoms with Gasteiger partial charge in [-0.25, -0.2) is 4.98 Å². The van der Waals surface area contributed by atoms with Crippen molar-refractivity contribution in [2.24, 2.45) is 0 Å². The second-order valence-electron chi connectivity index (χ2n) is 7.82. The summed E-state index contributed by atoms with van der Waals surface area (Å²) < 4.78 is 0. The predicted molar refractivity (Wildman–Crippen MR) is 124 cm³/mol. The molecule has 1 fully saturated rings. The van der Waals surface area contributed by atoms with Gasteiger partial charge in [-0.1, -0.05) is 19.4 Å². The van der Waals surface area contributed by atoms with E-state index in [9.17, 15) is 0 Å². The average molecular weight is 414 g/mol. The van der Waals surface area contributed by atoms with Gasteiger partial charge in [0.25, 0.3) is 0 Å². The van der Waals surface area contributed by atoms with Crippen molar-refractivity contribution in [3.8, 4) is 6.07 Å². The molecule has 2 aromatic heterocycles. The van der Waals surface area contributed by atoms with E-state index in [1.807, 2.05) is 30.5 Å². The van der Waals surface area contributed by atoms with E-state index in [0.29, 0.717) is 17.6 Å². The fourth-order valence-corrected chi connectivity index (χ4v) is 3.92. The summed E-state index contributed by atoms with van der Waals surface area (Å²) in [6.45, 7) is 4.00. The van der Waals surface area contributed by atoms with Crippen molar-refractivity contribution >= 4 is 23.1 Å². The van der Waals surface area contributed by atoms with Gasteiger partial charge in [0.05, 0.1) is 23.5 Å². The number of nitriles is 1. The SMILES string of the molecule is CCCc1cc(N2CC[C@H](N(C)c3cccnc3)C2)nc(Nc2cccc(C#N)c2)n1. The summed E-state index contributed by atoms with van der Waals surface area (Å²) in [6.07, 6.45) is 6.69. The lowest BCUT2D eigenvalue weighted by Gasteiger charge is -2.27. The molecule has 0 saturated carbocycles. The Hall–Kier alpha value is -3.66. The number of nitrogens with one attached hydrogen (secondary N) is 1. The highest BCUT2D eigenvalue weighted by Gasteiger charge is 2.27. The van der Waals surface area contributed by atoms with Crippen LogP contribution in [0.25, 0.3) is 0 Å². The van der Waals surface area contributed by atoms with Crippen LogP contribution >= 0.6 is 0 Å². The maximum Gasteiger partial charge on any atom is 0.229 e. The van der Waals surface area contributed by atoms with E-state index < -0.39 is 0 Å². The Labute approximate surface area is 183 Å². The molecule has 1 aromatic carbocycles. The quantitative estimate of drug-likeness (QED) is 0.623. The second kappa shape index (κ2) is 9.43. The highest BCUT2D eigenvalue weighted by atomic mass is 15.3. The molecule has 3 aromatic rings. The number of nitrogens with zero attached hydrogens (tertiary/aromatic N) is 6. The van der Waals surface area contributed by atoms with Crippen LogP contribution in [0, 0.1) is 11.3 Å². The average Bonchev–Trinajstić information content (AvgIpc) is 3.30. The van der Waals surface area contributed by atoms with Gasteiger partial charge < -0.3 is 15.1 Å². The topological polar surface area (TPSA) is 81.0 Å². The monoisotopic (exact) mass is 413 g/mol. The van der Waals surface area contributed by atoms with Gasteiger partial charge in [-0.15, -0.1) is 0 Å². The standard InChI is InChI=1S/C24H27N7/c1-3-6-19-14-23(29-24(27-19)28-20-8-4-7-18(13-20)15-25)31-12-10-22(17-31)30(2)21-9-5-11-26-16-21/h4-5,7-9,11,13-14,16,22H,3,6,10,12,17H2,1-2H3,(H,27,28,29)/t22-/m0/s1. The summed E-state index contributed by atoms with van der Waals surface area (Å²) in [5.74, 6) is 1.51. The third kappa shape index (κ3) is 4.92. The van der Waals surface area contributed by atoms with Crippen molar-refractivity contribution in [3.05, 3.63) is 66.1 Å². The molecule has 0 amide bonds. The fraction of sp³-hybridized carbons (Fsp3) is 0.333. The smallest absolute Gasteiger partial charge is 0.229 e. The summed E-state index contributed by atoms with van der Waals surface area (Å²) in [6, 6.07) is 16.1. The van der Waals surface area contributed by atoms with Crippen molar-refractivity contribution in [1.29, 1.82) is 5.26 Å². The molecule has 1 aliphatic heterocycles. The molecule has 0 bridgehead atoms. The minimum Gasteiger partial charge on any atom is -0.369 e. The highest BCUT2D eigenvalue weighted by Crippen LogP contribution is 2.26. The number of rotatable bonds is 7. The number of aryl methyl sites for hydroxylation is 1. The lowest BCUT2D eigenvalue weighted by atomic mass is 10.2. The molecule has 3 heterocycles. The van der Waals surface area contributed by atoms with E-state index in [4.69, 9.17) is 15.2 Å². The van der Waals surface area contributed by atoms with Crippen LogP contribution in [0.4, 0.5) is 23.1 Å². The van der Waals surface area contributed by atoms with Gasteiger partial charge >= 0.3 is 0 Å². The number of anilines is 4. The maximum absolute atomic E-state index is 9.16. The largest absolute Gasteiger partial charge is 0.369 e. The van der Waals surface area contributed by atoms with Crippen LogP contribution in [-0.2, 0) is 6.42 Å². The molecule has 31 heavy (non-hydrogen) atoms. The zero-order valence-electron chi connectivity index (χ0n) is 18.0. The predicted octanol–water partition coefficient (Wildman–Crippen LogP) is 4.15. The Morgan fingerprint density at radius 3 is 2.90 bits per heavy atom. The van der Waals surface area contributed by atoms with Gasteiger partial charge in [0.15, 0.2) is 0 Å². The van der Waals surface area contributed by atoms with E-state index in [-0.39, 0.29) is 0 Å². The first-order valence-electron chi connectivity index (χ1n) is 10.7. The van der Waals surface area contributed by atoms with Gasteiger partial charge in [0.2, 0.25) is 5.95 Å². The van der Waals surface area contributed by atoms with Gasteiger partial charge in [0, 0.05) is 49.8 Å². The van der Waals surface area contributed by atoms with Crippen molar-refractivity contribution in [2.45, 2.75) is 32.2 Å². The lowest BCUT2D eigenvalue weighted by Crippen LogP contribution is -2.34. The molecule has 4 rings (SSSR count). The molecule has 1 saturated heterocycles. The van der Waals surface area contributed by atoms with Gasteiger partial charge in [0.1, 0.15) is 5.82 Å². The van der Waals surface area contributed by atoms with E-state index in [2.05, 4.69) is 52.3 Å². The van der Waals surface area contributed by atoms with Gasteiger partial charge in [-0.2, -0.15) is 10.2 Å². The molecule has 1 N–H and O–H groups in total. The second-order valence-corrected chi connectivity index (χ2v) is 7.82. The normalized spacial score (nSPS) is 15.5. The minimum absolute atomic E-state index is 0.400.